The monoisotopic (exact) mass is 224 g/mol. The fraction of sp³-hybridized carbons (Fsp3) is 0.333. The van der Waals surface area contributed by atoms with Gasteiger partial charge in [0, 0.05) is 7.11 Å². The molecule has 0 fully saturated rings. The smallest absolute Gasteiger partial charge is 0.380 e. The summed E-state index contributed by atoms with van der Waals surface area (Å²) < 4.78 is 41.8. The Bertz CT molecular complexity index is 322. The van der Waals surface area contributed by atoms with Crippen molar-refractivity contribution in [3.8, 4) is 0 Å². The van der Waals surface area contributed by atoms with E-state index in [9.17, 15) is 13.2 Å². The van der Waals surface area contributed by atoms with Crippen LogP contribution in [0, 0.1) is 0 Å². The average Bonchev–Trinajstić information content (AvgIpc) is 2.07. The fourth-order valence-corrected chi connectivity index (χ4v) is 1.35. The van der Waals surface area contributed by atoms with Crippen molar-refractivity contribution in [1.29, 1.82) is 0 Å². The van der Waals surface area contributed by atoms with E-state index < -0.39 is 11.7 Å². The maximum absolute atomic E-state index is 12.3. The summed E-state index contributed by atoms with van der Waals surface area (Å²) in [4.78, 5) is 0. The summed E-state index contributed by atoms with van der Waals surface area (Å²) in [5.41, 5.74) is -0.488. The number of rotatable bonds is 2. The lowest BCUT2D eigenvalue weighted by atomic mass is 10.1. The van der Waals surface area contributed by atoms with Crippen molar-refractivity contribution in [1.82, 2.24) is 0 Å². The number of alkyl halides is 3. The first-order valence-corrected chi connectivity index (χ1v) is 4.18. The topological polar surface area (TPSA) is 9.23 Å². The van der Waals surface area contributed by atoms with Gasteiger partial charge in [0.25, 0.3) is 0 Å². The molecule has 0 radical (unpaired) electrons. The third kappa shape index (κ3) is 2.39. The zero-order valence-corrected chi connectivity index (χ0v) is 8.12. The largest absolute Gasteiger partial charge is 0.417 e. The predicted octanol–water partition coefficient (Wildman–Crippen LogP) is 3.51. The molecule has 0 aliphatic heterocycles. The van der Waals surface area contributed by atoms with Crippen LogP contribution < -0.4 is 0 Å². The van der Waals surface area contributed by atoms with Gasteiger partial charge < -0.3 is 4.74 Å². The van der Waals surface area contributed by atoms with Crippen LogP contribution in [-0.2, 0) is 17.5 Å². The number of methoxy groups -OCH3 is 1. The maximum atomic E-state index is 12.3. The van der Waals surface area contributed by atoms with Crippen molar-refractivity contribution in [2.75, 3.05) is 7.11 Å². The first-order valence-electron chi connectivity index (χ1n) is 3.80. The van der Waals surface area contributed by atoms with E-state index in [1.54, 1.807) is 0 Å². The highest BCUT2D eigenvalue weighted by Crippen LogP contribution is 2.36. The van der Waals surface area contributed by atoms with Gasteiger partial charge in [-0.1, -0.05) is 23.7 Å². The highest BCUT2D eigenvalue weighted by molar-refractivity contribution is 6.32. The molecule has 1 aromatic carbocycles. The zero-order chi connectivity index (χ0) is 10.8. The van der Waals surface area contributed by atoms with Crippen LogP contribution in [0.1, 0.15) is 11.1 Å². The summed E-state index contributed by atoms with van der Waals surface area (Å²) in [5.74, 6) is 0. The third-order valence-electron chi connectivity index (χ3n) is 1.68. The van der Waals surface area contributed by atoms with Gasteiger partial charge in [0.1, 0.15) is 0 Å². The van der Waals surface area contributed by atoms with Crippen molar-refractivity contribution >= 4 is 11.6 Å². The molecule has 0 unspecified atom stereocenters. The Hall–Kier alpha value is -0.740. The van der Waals surface area contributed by atoms with Crippen LogP contribution in [0.25, 0.3) is 0 Å². The molecule has 0 aromatic heterocycles. The molecule has 0 amide bonds. The van der Waals surface area contributed by atoms with Gasteiger partial charge in [0.2, 0.25) is 0 Å². The van der Waals surface area contributed by atoms with E-state index in [2.05, 4.69) is 0 Å². The Balaban J connectivity index is 3.14. The molecule has 0 spiro atoms. The number of hydrogen-bond acceptors (Lipinski definition) is 1. The van der Waals surface area contributed by atoms with Crippen molar-refractivity contribution in [2.24, 2.45) is 0 Å². The molecular formula is C9H8ClF3O. The van der Waals surface area contributed by atoms with Crippen LogP contribution in [0.4, 0.5) is 13.2 Å². The van der Waals surface area contributed by atoms with Crippen molar-refractivity contribution in [3.63, 3.8) is 0 Å². The molecule has 5 heteroatoms. The third-order valence-corrected chi connectivity index (χ3v) is 2.13. The van der Waals surface area contributed by atoms with Gasteiger partial charge in [0.05, 0.1) is 17.2 Å². The highest BCUT2D eigenvalue weighted by Gasteiger charge is 2.33. The van der Waals surface area contributed by atoms with Crippen molar-refractivity contribution in [2.45, 2.75) is 12.8 Å². The molecule has 1 aromatic rings. The summed E-state index contributed by atoms with van der Waals surface area (Å²) in [6.07, 6.45) is -4.42. The molecule has 0 saturated carbocycles. The summed E-state index contributed by atoms with van der Waals surface area (Å²) >= 11 is 5.57. The van der Waals surface area contributed by atoms with Gasteiger partial charge >= 0.3 is 6.18 Å². The van der Waals surface area contributed by atoms with E-state index in [0.29, 0.717) is 5.56 Å². The van der Waals surface area contributed by atoms with Crippen LogP contribution in [0.5, 0.6) is 0 Å². The van der Waals surface area contributed by atoms with Gasteiger partial charge in [-0.2, -0.15) is 13.2 Å². The summed E-state index contributed by atoms with van der Waals surface area (Å²) in [5, 5.41) is -0.290. The van der Waals surface area contributed by atoms with Gasteiger partial charge in [0.15, 0.2) is 0 Å². The zero-order valence-electron chi connectivity index (χ0n) is 7.36. The summed E-state index contributed by atoms with van der Waals surface area (Å²) in [6.45, 7) is 0.0722. The van der Waals surface area contributed by atoms with E-state index in [1.807, 2.05) is 0 Å². The minimum Gasteiger partial charge on any atom is -0.380 e. The van der Waals surface area contributed by atoms with E-state index >= 15 is 0 Å². The predicted molar refractivity (Wildman–Crippen MR) is 47.2 cm³/mol. The second-order valence-corrected chi connectivity index (χ2v) is 3.09. The Morgan fingerprint density at radius 3 is 2.50 bits per heavy atom. The van der Waals surface area contributed by atoms with Crippen molar-refractivity contribution in [3.05, 3.63) is 34.3 Å². The SMILES string of the molecule is COCc1cccc(C(F)(F)F)c1Cl. The highest BCUT2D eigenvalue weighted by atomic mass is 35.5. The molecule has 0 saturated heterocycles. The number of ether oxygens (including phenoxy) is 1. The fourth-order valence-electron chi connectivity index (χ4n) is 1.07. The lowest BCUT2D eigenvalue weighted by Crippen LogP contribution is -2.07. The molecule has 0 aliphatic rings. The number of hydrogen-bond donors (Lipinski definition) is 0. The second kappa shape index (κ2) is 4.19. The quantitative estimate of drug-likeness (QED) is 0.747. The molecular weight excluding hydrogens is 217 g/mol. The van der Waals surface area contributed by atoms with Crippen LogP contribution in [0.2, 0.25) is 5.02 Å². The normalized spacial score (nSPS) is 11.8. The van der Waals surface area contributed by atoms with Crippen LogP contribution in [0.15, 0.2) is 18.2 Å². The summed E-state index contributed by atoms with van der Waals surface area (Å²) in [6, 6.07) is 3.76. The van der Waals surface area contributed by atoms with E-state index in [-0.39, 0.29) is 11.6 Å². The van der Waals surface area contributed by atoms with Crippen LogP contribution in [-0.4, -0.2) is 7.11 Å². The Morgan fingerprint density at radius 1 is 1.36 bits per heavy atom. The van der Waals surface area contributed by atoms with Gasteiger partial charge in [-0.25, -0.2) is 0 Å². The molecule has 1 rings (SSSR count). The second-order valence-electron chi connectivity index (χ2n) is 2.71. The molecule has 78 valence electrons. The molecule has 0 N–H and O–H groups in total. The lowest BCUT2D eigenvalue weighted by Gasteiger charge is -2.11. The van der Waals surface area contributed by atoms with Crippen LogP contribution in [0.3, 0.4) is 0 Å². The lowest BCUT2D eigenvalue weighted by molar-refractivity contribution is -0.137. The van der Waals surface area contributed by atoms with E-state index in [1.165, 1.54) is 19.2 Å². The molecule has 0 heterocycles. The van der Waals surface area contributed by atoms with Gasteiger partial charge in [-0.3, -0.25) is 0 Å². The Morgan fingerprint density at radius 2 is 2.00 bits per heavy atom. The Labute approximate surface area is 84.4 Å². The minimum absolute atomic E-state index is 0.0722. The molecule has 0 bridgehead atoms. The summed E-state index contributed by atoms with van der Waals surface area (Å²) in [7, 11) is 1.40. The number of halogens is 4. The average molecular weight is 225 g/mol. The number of benzene rings is 1. The van der Waals surface area contributed by atoms with Crippen molar-refractivity contribution < 1.29 is 17.9 Å². The Kier molecular flexibility index (Phi) is 3.39. The minimum atomic E-state index is -4.42. The van der Waals surface area contributed by atoms with E-state index in [0.717, 1.165) is 6.07 Å². The van der Waals surface area contributed by atoms with Gasteiger partial charge in [-0.05, 0) is 11.6 Å². The first-order chi connectivity index (χ1) is 6.46. The maximum Gasteiger partial charge on any atom is 0.417 e. The van der Waals surface area contributed by atoms with Crippen LogP contribution >= 0.6 is 11.6 Å². The molecule has 0 atom stereocenters. The van der Waals surface area contributed by atoms with Gasteiger partial charge in [-0.15, -0.1) is 0 Å². The molecule has 0 aliphatic carbocycles. The molecule has 1 nitrogen and oxygen atoms in total. The standard InChI is InChI=1S/C9H8ClF3O/c1-14-5-6-3-2-4-7(8(6)10)9(11,12)13/h2-4H,5H2,1H3. The van der Waals surface area contributed by atoms with E-state index in [4.69, 9.17) is 16.3 Å². The first kappa shape index (κ1) is 11.3. The molecule has 14 heavy (non-hydrogen) atoms.